The average molecular weight is 392 g/mol. The number of carbonyl (C=O) groups excluding carboxylic acids is 2. The monoisotopic (exact) mass is 392 g/mol. The number of nitriles is 1. The Balaban J connectivity index is 1.44. The van der Waals surface area contributed by atoms with Crippen LogP contribution in [0, 0.1) is 21.4 Å². The summed E-state index contributed by atoms with van der Waals surface area (Å²) in [4.78, 5) is 45.2. The number of pyridine rings is 1. The number of rotatable bonds is 4. The summed E-state index contributed by atoms with van der Waals surface area (Å²) in [5, 5.41) is 20.2. The second-order valence-electron chi connectivity index (χ2n) is 6.76. The van der Waals surface area contributed by atoms with Gasteiger partial charge in [-0.2, -0.15) is 5.26 Å². The van der Waals surface area contributed by atoms with Gasteiger partial charge in [0, 0.05) is 38.4 Å². The first kappa shape index (κ1) is 18.5. The van der Waals surface area contributed by atoms with Crippen molar-refractivity contribution in [2.75, 3.05) is 37.7 Å². The minimum atomic E-state index is -0.644. The van der Waals surface area contributed by atoms with Gasteiger partial charge in [-0.3, -0.25) is 29.5 Å². The van der Waals surface area contributed by atoms with Crippen LogP contribution in [0.4, 0.5) is 11.5 Å². The molecule has 4 rings (SSSR count). The van der Waals surface area contributed by atoms with Crippen LogP contribution in [-0.4, -0.2) is 64.4 Å². The molecular weight excluding hydrogens is 376 g/mol. The van der Waals surface area contributed by atoms with Gasteiger partial charge < -0.3 is 4.90 Å². The number of hydrogen-bond acceptors (Lipinski definition) is 8. The number of carbonyl (C=O) groups is 2. The summed E-state index contributed by atoms with van der Waals surface area (Å²) in [5.41, 5.74) is 0.112. The third-order valence-electron chi connectivity index (χ3n) is 5.09. The Kier molecular flexibility index (Phi) is 4.66. The molecule has 2 aromatic rings. The van der Waals surface area contributed by atoms with Gasteiger partial charge in [0.25, 0.3) is 17.5 Å². The number of nitro groups is 1. The van der Waals surface area contributed by atoms with Gasteiger partial charge in [-0.05, 0) is 18.2 Å². The topological polar surface area (TPSA) is 124 Å². The van der Waals surface area contributed by atoms with Gasteiger partial charge in [-0.25, -0.2) is 4.98 Å². The molecule has 1 fully saturated rings. The van der Waals surface area contributed by atoms with E-state index in [9.17, 15) is 19.7 Å². The van der Waals surface area contributed by atoms with Gasteiger partial charge in [0.05, 0.1) is 28.8 Å². The minimum absolute atomic E-state index is 0.0698. The van der Waals surface area contributed by atoms with Crippen molar-refractivity contribution in [2.45, 2.75) is 0 Å². The Morgan fingerprint density at radius 2 is 1.90 bits per heavy atom. The van der Waals surface area contributed by atoms with E-state index in [-0.39, 0.29) is 23.5 Å². The zero-order valence-electron chi connectivity index (χ0n) is 15.3. The molecule has 0 aliphatic carbocycles. The van der Waals surface area contributed by atoms with E-state index < -0.39 is 16.7 Å². The van der Waals surface area contributed by atoms with E-state index in [1.807, 2.05) is 9.80 Å². The SMILES string of the molecule is N#Cc1ccnc(N2CCN(CN3C(=O)c4cccc([N+](=O)[O-])c4C3=O)CC2)c1. The number of benzene rings is 1. The van der Waals surface area contributed by atoms with Crippen LogP contribution in [-0.2, 0) is 0 Å². The smallest absolute Gasteiger partial charge is 0.282 e. The molecule has 10 nitrogen and oxygen atoms in total. The minimum Gasteiger partial charge on any atom is -0.354 e. The maximum Gasteiger partial charge on any atom is 0.282 e. The Morgan fingerprint density at radius 3 is 2.59 bits per heavy atom. The summed E-state index contributed by atoms with van der Waals surface area (Å²) in [7, 11) is 0. The molecule has 2 aliphatic rings. The molecule has 0 radical (unpaired) electrons. The van der Waals surface area contributed by atoms with Crippen LogP contribution in [0.25, 0.3) is 0 Å². The lowest BCUT2D eigenvalue weighted by atomic mass is 10.1. The molecule has 0 saturated carbocycles. The molecular formula is C19H16N6O4. The van der Waals surface area contributed by atoms with Crippen molar-refractivity contribution < 1.29 is 14.5 Å². The highest BCUT2D eigenvalue weighted by atomic mass is 16.6. The van der Waals surface area contributed by atoms with Gasteiger partial charge >= 0.3 is 0 Å². The highest BCUT2D eigenvalue weighted by molar-refractivity contribution is 6.23. The van der Waals surface area contributed by atoms with E-state index in [2.05, 4.69) is 11.1 Å². The third-order valence-corrected chi connectivity index (χ3v) is 5.09. The van der Waals surface area contributed by atoms with Crippen molar-refractivity contribution in [3.63, 3.8) is 0 Å². The molecule has 1 aromatic carbocycles. The Bertz CT molecular complexity index is 1050. The van der Waals surface area contributed by atoms with Crippen molar-refractivity contribution in [3.05, 3.63) is 63.3 Å². The lowest BCUT2D eigenvalue weighted by Crippen LogP contribution is -2.51. The first-order valence-electron chi connectivity index (χ1n) is 8.96. The zero-order valence-corrected chi connectivity index (χ0v) is 15.3. The normalized spacial score (nSPS) is 16.7. The highest BCUT2D eigenvalue weighted by Gasteiger charge is 2.41. The summed E-state index contributed by atoms with van der Waals surface area (Å²) < 4.78 is 0. The van der Waals surface area contributed by atoms with Gasteiger partial charge in [0.2, 0.25) is 0 Å². The van der Waals surface area contributed by atoms with E-state index in [1.165, 1.54) is 18.2 Å². The third kappa shape index (κ3) is 3.28. The lowest BCUT2D eigenvalue weighted by molar-refractivity contribution is -0.385. The van der Waals surface area contributed by atoms with Gasteiger partial charge in [-0.1, -0.05) is 6.07 Å². The summed E-state index contributed by atoms with van der Waals surface area (Å²) in [5.74, 6) is -0.442. The van der Waals surface area contributed by atoms with Crippen molar-refractivity contribution in [2.24, 2.45) is 0 Å². The Morgan fingerprint density at radius 1 is 1.14 bits per heavy atom. The number of nitrogens with zero attached hydrogens (tertiary/aromatic N) is 6. The number of anilines is 1. The second-order valence-corrected chi connectivity index (χ2v) is 6.76. The molecule has 3 heterocycles. The van der Waals surface area contributed by atoms with Crippen molar-refractivity contribution in [1.29, 1.82) is 5.26 Å². The largest absolute Gasteiger partial charge is 0.354 e. The predicted octanol–water partition coefficient (Wildman–Crippen LogP) is 1.24. The number of nitro benzene ring substituents is 1. The molecule has 146 valence electrons. The first-order valence-corrected chi connectivity index (χ1v) is 8.96. The van der Waals surface area contributed by atoms with E-state index in [0.717, 1.165) is 4.90 Å². The molecule has 0 unspecified atom stereocenters. The quantitative estimate of drug-likeness (QED) is 0.432. The summed E-state index contributed by atoms with van der Waals surface area (Å²) in [6.07, 6.45) is 1.59. The molecule has 2 amide bonds. The molecule has 1 aromatic heterocycles. The van der Waals surface area contributed by atoms with E-state index >= 15 is 0 Å². The molecule has 1 saturated heterocycles. The Labute approximate surface area is 165 Å². The molecule has 10 heteroatoms. The molecule has 0 atom stereocenters. The van der Waals surface area contributed by atoms with Crippen LogP contribution in [0.3, 0.4) is 0 Å². The number of piperazine rings is 1. The second kappa shape index (κ2) is 7.29. The number of hydrogen-bond donors (Lipinski definition) is 0. The molecule has 0 spiro atoms. The van der Waals surface area contributed by atoms with Crippen LogP contribution in [0.2, 0.25) is 0 Å². The van der Waals surface area contributed by atoms with E-state index in [0.29, 0.717) is 37.6 Å². The molecule has 29 heavy (non-hydrogen) atoms. The van der Waals surface area contributed by atoms with Crippen LogP contribution >= 0.6 is 0 Å². The van der Waals surface area contributed by atoms with Crippen molar-refractivity contribution >= 4 is 23.3 Å². The number of fused-ring (bicyclic) bond motifs is 1. The average Bonchev–Trinajstić information content (AvgIpc) is 2.99. The number of imide groups is 1. The fraction of sp³-hybridized carbons (Fsp3) is 0.263. The first-order chi connectivity index (χ1) is 14.0. The van der Waals surface area contributed by atoms with Crippen LogP contribution < -0.4 is 4.90 Å². The van der Waals surface area contributed by atoms with Crippen molar-refractivity contribution in [3.8, 4) is 6.07 Å². The van der Waals surface area contributed by atoms with E-state index in [4.69, 9.17) is 5.26 Å². The van der Waals surface area contributed by atoms with E-state index in [1.54, 1.807) is 18.3 Å². The predicted molar refractivity (Wildman–Crippen MR) is 101 cm³/mol. The van der Waals surface area contributed by atoms with Crippen LogP contribution in [0.1, 0.15) is 26.3 Å². The lowest BCUT2D eigenvalue weighted by Gasteiger charge is -2.36. The standard InChI is InChI=1S/C19H16N6O4/c20-11-13-4-5-21-16(10-13)23-8-6-22(7-9-23)12-24-18(26)14-2-1-3-15(25(28)29)17(14)19(24)27/h1-5,10H,6-9,12H2. The van der Waals surface area contributed by atoms with Gasteiger partial charge in [0.15, 0.2) is 0 Å². The zero-order chi connectivity index (χ0) is 20.5. The number of aromatic nitrogens is 1. The summed E-state index contributed by atoms with van der Waals surface area (Å²) >= 11 is 0. The summed E-state index contributed by atoms with van der Waals surface area (Å²) in [6, 6.07) is 9.53. The highest BCUT2D eigenvalue weighted by Crippen LogP contribution is 2.31. The summed E-state index contributed by atoms with van der Waals surface area (Å²) in [6.45, 7) is 2.46. The van der Waals surface area contributed by atoms with Gasteiger partial charge in [-0.15, -0.1) is 0 Å². The molecule has 0 bridgehead atoms. The van der Waals surface area contributed by atoms with Crippen LogP contribution in [0.15, 0.2) is 36.5 Å². The Hall–Kier alpha value is -3.84. The maximum atomic E-state index is 12.7. The van der Waals surface area contributed by atoms with Gasteiger partial charge in [0.1, 0.15) is 11.4 Å². The molecule has 0 N–H and O–H groups in total. The van der Waals surface area contributed by atoms with Crippen molar-refractivity contribution in [1.82, 2.24) is 14.8 Å². The fourth-order valence-electron chi connectivity index (χ4n) is 3.58. The maximum absolute atomic E-state index is 12.7. The fourth-order valence-corrected chi connectivity index (χ4v) is 3.58. The van der Waals surface area contributed by atoms with Crippen LogP contribution in [0.5, 0.6) is 0 Å². The number of amides is 2. The molecule has 2 aliphatic heterocycles.